The van der Waals surface area contributed by atoms with E-state index in [0.717, 1.165) is 15.8 Å². The molecule has 0 spiro atoms. The molecule has 2 amide bonds. The molecule has 0 atom stereocenters. The van der Waals surface area contributed by atoms with Crippen LogP contribution in [0.2, 0.25) is 0 Å². The van der Waals surface area contributed by atoms with Gasteiger partial charge in [-0.3, -0.25) is 14.3 Å². The van der Waals surface area contributed by atoms with E-state index in [1.165, 1.54) is 11.8 Å². The molecular formula is C13H13BrN4O4S. The molecule has 122 valence electrons. The lowest BCUT2D eigenvalue weighted by molar-refractivity contribution is -0.116. The predicted octanol–water partition coefficient (Wildman–Crippen LogP) is 1.54. The van der Waals surface area contributed by atoms with Gasteiger partial charge in [-0.15, -0.1) is 11.3 Å². The number of anilines is 1. The summed E-state index contributed by atoms with van der Waals surface area (Å²) in [6.07, 6.45) is 3.18. The smallest absolute Gasteiger partial charge is 0.341 e. The Hall–Kier alpha value is -2.20. The number of primary amides is 1. The summed E-state index contributed by atoms with van der Waals surface area (Å²) in [6.45, 7) is 1.53. The molecule has 2 aromatic heterocycles. The Morgan fingerprint density at radius 2 is 2.17 bits per heavy atom. The minimum absolute atomic E-state index is 0.0466. The lowest BCUT2D eigenvalue weighted by atomic mass is 10.1. The molecule has 8 nitrogen and oxygen atoms in total. The normalized spacial score (nSPS) is 10.4. The molecule has 2 rings (SSSR count). The molecule has 0 aromatic carbocycles. The maximum absolute atomic E-state index is 12.1. The fourth-order valence-electron chi connectivity index (χ4n) is 1.92. The van der Waals surface area contributed by atoms with Crippen molar-refractivity contribution in [2.75, 3.05) is 12.4 Å². The highest BCUT2D eigenvalue weighted by Gasteiger charge is 2.25. The van der Waals surface area contributed by atoms with E-state index in [9.17, 15) is 14.4 Å². The Labute approximate surface area is 143 Å². The van der Waals surface area contributed by atoms with E-state index in [-0.39, 0.29) is 22.0 Å². The van der Waals surface area contributed by atoms with Crippen molar-refractivity contribution in [1.29, 1.82) is 0 Å². The van der Waals surface area contributed by atoms with Crippen molar-refractivity contribution in [3.05, 3.63) is 32.9 Å². The van der Waals surface area contributed by atoms with Crippen LogP contribution in [0, 0.1) is 6.92 Å². The largest absolute Gasteiger partial charge is 0.465 e. The van der Waals surface area contributed by atoms with Crippen LogP contribution in [0.4, 0.5) is 5.00 Å². The van der Waals surface area contributed by atoms with Crippen molar-refractivity contribution in [3.8, 4) is 0 Å². The first-order valence-corrected chi connectivity index (χ1v) is 7.93. The van der Waals surface area contributed by atoms with Gasteiger partial charge >= 0.3 is 5.97 Å². The molecule has 10 heteroatoms. The third kappa shape index (κ3) is 3.77. The Kier molecular flexibility index (Phi) is 5.16. The first-order chi connectivity index (χ1) is 10.8. The maximum Gasteiger partial charge on any atom is 0.341 e. The molecule has 0 aliphatic rings. The van der Waals surface area contributed by atoms with Crippen molar-refractivity contribution in [3.63, 3.8) is 0 Å². The average molecular weight is 401 g/mol. The minimum atomic E-state index is -0.672. The lowest BCUT2D eigenvalue weighted by Gasteiger charge is -2.06. The van der Waals surface area contributed by atoms with Gasteiger partial charge in [-0.1, -0.05) is 0 Å². The number of nitrogens with two attached hydrogens (primary N) is 1. The summed E-state index contributed by atoms with van der Waals surface area (Å²) in [5.74, 6) is -1.72. The summed E-state index contributed by atoms with van der Waals surface area (Å²) in [7, 11) is 1.22. The van der Waals surface area contributed by atoms with Crippen molar-refractivity contribution >= 4 is 50.1 Å². The molecule has 2 aromatic rings. The Bertz CT molecular complexity index is 783. The fraction of sp³-hybridized carbons (Fsp3) is 0.231. The SMILES string of the molecule is COC(=O)c1c(NC(=O)Cn2cc(Br)cn2)sc(C(N)=O)c1C. The number of nitrogens with zero attached hydrogens (tertiary/aromatic N) is 2. The molecular weight excluding hydrogens is 388 g/mol. The number of aromatic nitrogens is 2. The third-order valence-corrected chi connectivity index (χ3v) is 4.55. The van der Waals surface area contributed by atoms with E-state index in [2.05, 4.69) is 26.3 Å². The zero-order chi connectivity index (χ0) is 17.1. The van der Waals surface area contributed by atoms with Crippen LogP contribution in [0.25, 0.3) is 0 Å². The first-order valence-electron chi connectivity index (χ1n) is 6.32. The zero-order valence-corrected chi connectivity index (χ0v) is 14.7. The summed E-state index contributed by atoms with van der Waals surface area (Å²) in [4.78, 5) is 35.6. The summed E-state index contributed by atoms with van der Waals surface area (Å²) < 4.78 is 6.86. The topological polar surface area (TPSA) is 116 Å². The van der Waals surface area contributed by atoms with E-state index >= 15 is 0 Å². The van der Waals surface area contributed by atoms with Gasteiger partial charge in [-0.05, 0) is 28.4 Å². The minimum Gasteiger partial charge on any atom is -0.465 e. The number of hydrogen-bond acceptors (Lipinski definition) is 6. The molecule has 0 unspecified atom stereocenters. The molecule has 0 fully saturated rings. The Balaban J connectivity index is 2.27. The van der Waals surface area contributed by atoms with E-state index < -0.39 is 17.8 Å². The van der Waals surface area contributed by atoms with E-state index in [1.54, 1.807) is 19.3 Å². The van der Waals surface area contributed by atoms with Crippen LogP contribution in [0.15, 0.2) is 16.9 Å². The number of carbonyl (C=O) groups excluding carboxylic acids is 3. The molecule has 23 heavy (non-hydrogen) atoms. The Morgan fingerprint density at radius 1 is 1.48 bits per heavy atom. The number of carbonyl (C=O) groups is 3. The van der Waals surface area contributed by atoms with Crippen molar-refractivity contribution < 1.29 is 19.1 Å². The molecule has 0 saturated heterocycles. The van der Waals surface area contributed by atoms with Crippen LogP contribution in [0.5, 0.6) is 0 Å². The summed E-state index contributed by atoms with van der Waals surface area (Å²) in [5, 5.41) is 6.78. The molecule has 0 saturated carbocycles. The number of methoxy groups -OCH3 is 1. The maximum atomic E-state index is 12.1. The number of rotatable bonds is 5. The predicted molar refractivity (Wildman–Crippen MR) is 87.5 cm³/mol. The molecule has 3 N–H and O–H groups in total. The van der Waals surface area contributed by atoms with Crippen molar-refractivity contribution in [1.82, 2.24) is 9.78 Å². The average Bonchev–Trinajstić information content (AvgIpc) is 3.02. The van der Waals surface area contributed by atoms with E-state index in [1.807, 2.05) is 0 Å². The summed E-state index contributed by atoms with van der Waals surface area (Å²) >= 11 is 4.17. The second-order valence-corrected chi connectivity index (χ2v) is 6.46. The monoisotopic (exact) mass is 400 g/mol. The second kappa shape index (κ2) is 6.92. The van der Waals surface area contributed by atoms with Crippen LogP contribution < -0.4 is 11.1 Å². The number of nitrogens with one attached hydrogen (secondary N) is 1. The van der Waals surface area contributed by atoms with Gasteiger partial charge in [0.05, 0.1) is 28.2 Å². The molecule has 0 radical (unpaired) electrons. The second-order valence-electron chi connectivity index (χ2n) is 4.52. The molecule has 2 heterocycles. The standard InChI is InChI=1S/C13H13BrN4O4S/c1-6-9(13(21)22-2)12(23-10(6)11(15)20)17-8(19)5-18-4-7(14)3-16-18/h3-4H,5H2,1-2H3,(H2,15,20)(H,17,19). The highest BCUT2D eigenvalue weighted by Crippen LogP contribution is 2.33. The fourth-order valence-corrected chi connectivity index (χ4v) is 3.31. The van der Waals surface area contributed by atoms with E-state index in [0.29, 0.717) is 5.56 Å². The third-order valence-electron chi connectivity index (χ3n) is 2.92. The Morgan fingerprint density at radius 3 is 2.70 bits per heavy atom. The van der Waals surface area contributed by atoms with Crippen molar-refractivity contribution in [2.24, 2.45) is 5.73 Å². The summed E-state index contributed by atoms with van der Waals surface area (Å²) in [5.41, 5.74) is 5.79. The highest BCUT2D eigenvalue weighted by molar-refractivity contribution is 9.10. The number of esters is 1. The number of amides is 2. The van der Waals surface area contributed by atoms with Gasteiger partial charge in [0.1, 0.15) is 11.5 Å². The molecule has 0 aliphatic carbocycles. The van der Waals surface area contributed by atoms with Crippen LogP contribution in [-0.4, -0.2) is 34.7 Å². The van der Waals surface area contributed by atoms with E-state index in [4.69, 9.17) is 10.5 Å². The van der Waals surface area contributed by atoms with Gasteiger partial charge in [0, 0.05) is 6.20 Å². The first kappa shape index (κ1) is 17.2. The van der Waals surface area contributed by atoms with Crippen molar-refractivity contribution in [2.45, 2.75) is 13.5 Å². The zero-order valence-electron chi connectivity index (χ0n) is 12.3. The van der Waals surface area contributed by atoms with Crippen LogP contribution in [-0.2, 0) is 16.1 Å². The molecule has 0 aliphatic heterocycles. The van der Waals surface area contributed by atoms with Crippen LogP contribution >= 0.6 is 27.3 Å². The number of hydrogen-bond donors (Lipinski definition) is 2. The van der Waals surface area contributed by atoms with Gasteiger partial charge in [-0.25, -0.2) is 4.79 Å². The van der Waals surface area contributed by atoms with Gasteiger partial charge in [0.2, 0.25) is 5.91 Å². The molecule has 0 bridgehead atoms. The highest BCUT2D eigenvalue weighted by atomic mass is 79.9. The van der Waals surface area contributed by atoms with Crippen LogP contribution in [0.1, 0.15) is 25.6 Å². The summed E-state index contributed by atoms with van der Waals surface area (Å²) in [6, 6.07) is 0. The lowest BCUT2D eigenvalue weighted by Crippen LogP contribution is -2.20. The van der Waals surface area contributed by atoms with Gasteiger partial charge < -0.3 is 15.8 Å². The number of ether oxygens (including phenoxy) is 1. The van der Waals surface area contributed by atoms with Gasteiger partial charge in [0.25, 0.3) is 5.91 Å². The quantitative estimate of drug-likeness (QED) is 0.738. The number of halogens is 1. The number of thiophene rings is 1. The van der Waals surface area contributed by atoms with Crippen LogP contribution in [0.3, 0.4) is 0 Å². The van der Waals surface area contributed by atoms with Gasteiger partial charge in [-0.2, -0.15) is 5.10 Å². The van der Waals surface area contributed by atoms with Gasteiger partial charge in [0.15, 0.2) is 0 Å².